The molecule has 0 aromatic heterocycles. The highest BCUT2D eigenvalue weighted by atomic mass is 32.2. The highest BCUT2D eigenvalue weighted by Crippen LogP contribution is 2.76. The van der Waals surface area contributed by atoms with Gasteiger partial charge in [-0.15, -0.1) is 0 Å². The number of benzene rings is 1. The summed E-state index contributed by atoms with van der Waals surface area (Å²) >= 11 is 1.43. The number of thioether (sulfide) groups is 1. The normalized spacial score (nSPS) is 29.9. The van der Waals surface area contributed by atoms with Gasteiger partial charge in [-0.25, -0.2) is 0 Å². The lowest BCUT2D eigenvalue weighted by atomic mass is 9.50. The van der Waals surface area contributed by atoms with Crippen LogP contribution >= 0.6 is 11.8 Å². The molecular formula is C34H51F5N2O4S2. The summed E-state index contributed by atoms with van der Waals surface area (Å²) in [5, 5.41) is 16.4. The van der Waals surface area contributed by atoms with E-state index in [0.29, 0.717) is 29.4 Å². The van der Waals surface area contributed by atoms with Crippen molar-refractivity contribution in [2.75, 3.05) is 31.6 Å². The van der Waals surface area contributed by atoms with Crippen molar-refractivity contribution in [1.29, 1.82) is 0 Å². The van der Waals surface area contributed by atoms with Crippen LogP contribution in [0.3, 0.4) is 0 Å². The predicted molar refractivity (Wildman–Crippen MR) is 175 cm³/mol. The van der Waals surface area contributed by atoms with Gasteiger partial charge in [0, 0.05) is 11.8 Å². The van der Waals surface area contributed by atoms with Crippen molar-refractivity contribution in [3.05, 3.63) is 29.3 Å². The third-order valence-corrected chi connectivity index (χ3v) is 13.7. The first kappa shape index (κ1) is 37.1. The Labute approximate surface area is 281 Å². The van der Waals surface area contributed by atoms with E-state index in [-0.39, 0.29) is 29.1 Å². The largest absolute Gasteiger partial charge is 0.453 e. The van der Waals surface area contributed by atoms with Gasteiger partial charge >= 0.3 is 22.4 Å². The fraction of sp³-hybridized carbons (Fsp3) is 0.824. The summed E-state index contributed by atoms with van der Waals surface area (Å²) in [7, 11) is -2.06. The van der Waals surface area contributed by atoms with Crippen LogP contribution in [0.4, 0.5) is 22.0 Å². The summed E-state index contributed by atoms with van der Waals surface area (Å²) < 4.78 is 91.1. The number of nitrogens with two attached hydrogens (primary N) is 1. The van der Waals surface area contributed by atoms with Gasteiger partial charge in [-0.3, -0.25) is 0 Å². The van der Waals surface area contributed by atoms with Gasteiger partial charge in [0.05, 0.1) is 6.10 Å². The molecule has 1 aromatic carbocycles. The van der Waals surface area contributed by atoms with Crippen molar-refractivity contribution in [3.8, 4) is 5.75 Å². The number of aliphatic hydroxyl groups excluding tert-OH is 1. The van der Waals surface area contributed by atoms with Crippen molar-refractivity contribution in [2.24, 2.45) is 33.7 Å². The molecule has 13 heteroatoms. The first-order valence-corrected chi connectivity index (χ1v) is 19.8. The molecule has 4 aliphatic rings. The van der Waals surface area contributed by atoms with Crippen LogP contribution in [0.1, 0.15) is 101 Å². The average molecular weight is 711 g/mol. The quantitative estimate of drug-likeness (QED) is 0.135. The number of alkyl halides is 5. The lowest BCUT2D eigenvalue weighted by molar-refractivity contribution is -0.284. The van der Waals surface area contributed by atoms with E-state index < -0.39 is 28.8 Å². The van der Waals surface area contributed by atoms with Crippen molar-refractivity contribution in [1.82, 2.24) is 4.90 Å². The Morgan fingerprint density at radius 3 is 2.43 bits per heavy atom. The van der Waals surface area contributed by atoms with Crippen LogP contribution in [0.15, 0.2) is 18.2 Å². The standard InChI is InChI=1S/C34H51F5N2O4S2/c1-31-13-11-27-26-10-9-25(45-47(40,43)44)21-24(26)20-23(30(27)28(31)22-29(42)32(31)14-15-32)8-4-3-5-16-41(2)17-7-19-46-18-6-12-33(35,36)34(37,38)39/h9-10,21,23,27-30,42H,3-8,11-20,22H2,1-2H3,(H2,40,43,44)/t23?,27?,28?,29-,30?,31+/m1/s1. The van der Waals surface area contributed by atoms with Crippen LogP contribution in [0.5, 0.6) is 5.75 Å². The van der Waals surface area contributed by atoms with Gasteiger partial charge in [0.15, 0.2) is 0 Å². The minimum absolute atomic E-state index is 0.0888. The SMILES string of the molecule is CN(CCCCCC1Cc2cc(OS(N)(=O)=O)ccc2C2CC[C@@]3(C)C(C[C@@H](O)C34CC4)C12)CCCSCCCC(F)(F)C(F)(F)F. The average Bonchev–Trinajstić information content (AvgIpc) is 3.75. The van der Waals surface area contributed by atoms with Crippen molar-refractivity contribution < 1.29 is 39.7 Å². The summed E-state index contributed by atoms with van der Waals surface area (Å²) in [5.41, 5.74) is 2.69. The summed E-state index contributed by atoms with van der Waals surface area (Å²) in [6, 6.07) is 5.61. The number of halogens is 5. The molecule has 1 spiro atoms. The summed E-state index contributed by atoms with van der Waals surface area (Å²) in [6.45, 7) is 4.22. The van der Waals surface area contributed by atoms with Crippen molar-refractivity contribution >= 4 is 22.1 Å². The number of fused-ring (bicyclic) bond motifs is 6. The lowest BCUT2D eigenvalue weighted by Gasteiger charge is -2.54. The summed E-state index contributed by atoms with van der Waals surface area (Å²) in [5.74, 6) is -1.55. The van der Waals surface area contributed by atoms with Gasteiger partial charge in [-0.05, 0) is 148 Å². The molecule has 6 atom stereocenters. The zero-order valence-corrected chi connectivity index (χ0v) is 29.2. The Balaban J connectivity index is 1.10. The predicted octanol–water partition coefficient (Wildman–Crippen LogP) is 7.70. The molecule has 47 heavy (non-hydrogen) atoms. The second-order valence-electron chi connectivity index (χ2n) is 15.0. The molecule has 3 fully saturated rings. The number of hydrogen-bond donors (Lipinski definition) is 2. The molecule has 0 amide bonds. The number of unbranched alkanes of at least 4 members (excludes halogenated alkanes) is 2. The smallest absolute Gasteiger partial charge is 0.393 e. The molecular weight excluding hydrogens is 660 g/mol. The topological polar surface area (TPSA) is 92.9 Å². The van der Waals surface area contributed by atoms with E-state index in [1.807, 2.05) is 12.1 Å². The first-order chi connectivity index (χ1) is 22.0. The third kappa shape index (κ3) is 8.10. The molecule has 3 N–H and O–H groups in total. The Bertz CT molecular complexity index is 1340. The lowest BCUT2D eigenvalue weighted by Crippen LogP contribution is -2.46. The van der Waals surface area contributed by atoms with E-state index in [0.717, 1.165) is 95.0 Å². The molecule has 0 bridgehead atoms. The van der Waals surface area contributed by atoms with E-state index in [2.05, 4.69) is 18.9 Å². The Morgan fingerprint density at radius 2 is 1.74 bits per heavy atom. The highest BCUT2D eigenvalue weighted by Gasteiger charge is 2.71. The van der Waals surface area contributed by atoms with Crippen LogP contribution in [0.2, 0.25) is 0 Å². The first-order valence-electron chi connectivity index (χ1n) is 17.2. The fourth-order valence-electron chi connectivity index (χ4n) is 9.65. The van der Waals surface area contributed by atoms with Crippen LogP contribution in [-0.2, 0) is 16.7 Å². The molecule has 0 heterocycles. The van der Waals surface area contributed by atoms with Crippen molar-refractivity contribution in [3.63, 3.8) is 0 Å². The highest BCUT2D eigenvalue weighted by molar-refractivity contribution is 7.99. The van der Waals surface area contributed by atoms with Crippen LogP contribution in [0, 0.1) is 28.6 Å². The molecule has 268 valence electrons. The molecule has 4 aliphatic carbocycles. The zero-order chi connectivity index (χ0) is 34.3. The van der Waals surface area contributed by atoms with E-state index in [1.54, 1.807) is 6.07 Å². The number of hydrogen-bond acceptors (Lipinski definition) is 6. The van der Waals surface area contributed by atoms with Crippen LogP contribution in [-0.4, -0.2) is 68.3 Å². The number of aliphatic hydroxyl groups is 1. The molecule has 4 unspecified atom stereocenters. The summed E-state index contributed by atoms with van der Waals surface area (Å²) in [4.78, 5) is 2.25. The molecule has 0 aliphatic heterocycles. The van der Waals surface area contributed by atoms with Gasteiger partial charge < -0.3 is 14.2 Å². The Morgan fingerprint density at radius 1 is 1.04 bits per heavy atom. The van der Waals surface area contributed by atoms with Gasteiger partial charge in [0.2, 0.25) is 0 Å². The molecule has 3 saturated carbocycles. The van der Waals surface area contributed by atoms with Gasteiger partial charge in [-0.1, -0.05) is 25.8 Å². The fourth-order valence-corrected chi connectivity index (χ4v) is 10.9. The van der Waals surface area contributed by atoms with E-state index in [4.69, 9.17) is 9.32 Å². The minimum atomic E-state index is -5.47. The van der Waals surface area contributed by atoms with Gasteiger partial charge in [-0.2, -0.15) is 47.3 Å². The third-order valence-electron chi connectivity index (χ3n) is 12.2. The number of nitrogens with zero attached hydrogens (tertiary/aromatic N) is 1. The Hall–Kier alpha value is -1.15. The molecule has 5 rings (SSSR count). The summed E-state index contributed by atoms with van der Waals surface area (Å²) in [6.07, 6.45) is 4.29. The second kappa shape index (κ2) is 14.2. The minimum Gasteiger partial charge on any atom is -0.393 e. The molecule has 0 radical (unpaired) electrons. The maximum atomic E-state index is 13.0. The molecule has 1 aromatic rings. The maximum Gasteiger partial charge on any atom is 0.453 e. The van der Waals surface area contributed by atoms with Crippen LogP contribution < -0.4 is 9.32 Å². The van der Waals surface area contributed by atoms with Gasteiger partial charge in [0.1, 0.15) is 5.75 Å². The monoisotopic (exact) mass is 710 g/mol. The maximum absolute atomic E-state index is 13.0. The molecule has 0 saturated heterocycles. The van der Waals surface area contributed by atoms with Gasteiger partial charge in [0.25, 0.3) is 0 Å². The van der Waals surface area contributed by atoms with E-state index in [9.17, 15) is 35.5 Å². The van der Waals surface area contributed by atoms with Crippen LogP contribution in [0.25, 0.3) is 0 Å². The Kier molecular flexibility index (Phi) is 11.2. The number of rotatable bonds is 16. The van der Waals surface area contributed by atoms with Crippen molar-refractivity contribution in [2.45, 2.75) is 115 Å². The second-order valence-corrected chi connectivity index (χ2v) is 17.4. The van der Waals surface area contributed by atoms with E-state index in [1.165, 1.54) is 17.3 Å². The molecule has 6 nitrogen and oxygen atoms in total. The van der Waals surface area contributed by atoms with E-state index >= 15 is 0 Å². The zero-order valence-electron chi connectivity index (χ0n) is 27.5.